The highest BCUT2D eigenvalue weighted by Gasteiger charge is 2.46. The molecule has 0 amide bonds. The molecule has 268 valence electrons. The molecule has 0 saturated carbocycles. The Bertz CT molecular complexity index is 2970. The van der Waals surface area contributed by atoms with Gasteiger partial charge in [0.05, 0.1) is 16.4 Å². The van der Waals surface area contributed by atoms with E-state index in [0.29, 0.717) is 0 Å². The van der Waals surface area contributed by atoms with Crippen LogP contribution in [0.15, 0.2) is 231 Å². The van der Waals surface area contributed by atoms with Gasteiger partial charge in [0, 0.05) is 33.5 Å². The van der Waals surface area contributed by atoms with Gasteiger partial charge in [-0.05, 0) is 99.1 Å². The molecule has 0 radical (unpaired) electrons. The Hall–Kier alpha value is -7.42. The van der Waals surface area contributed by atoms with Gasteiger partial charge in [-0.2, -0.15) is 0 Å². The summed E-state index contributed by atoms with van der Waals surface area (Å²) in [6, 6.07) is 84.3. The SMILES string of the molecule is c1ccc(-c2ccc(N(c3cccc(-n4c5ccccc5c5ccccc54)c3)c3cccc(C4(c5ccccc5)c5ccccc5-c5ccccc54)c3)cc2)cc1. The van der Waals surface area contributed by atoms with Gasteiger partial charge in [-0.1, -0.05) is 176 Å². The fraction of sp³-hybridized carbons (Fsp3) is 0.0182. The van der Waals surface area contributed by atoms with Crippen LogP contribution in [0.2, 0.25) is 0 Å². The van der Waals surface area contributed by atoms with E-state index in [2.05, 4.69) is 240 Å². The van der Waals surface area contributed by atoms with Crippen LogP contribution in [0.1, 0.15) is 22.3 Å². The van der Waals surface area contributed by atoms with Gasteiger partial charge < -0.3 is 9.47 Å². The molecular weight excluding hydrogens is 689 g/mol. The number of aromatic nitrogens is 1. The minimum Gasteiger partial charge on any atom is -0.310 e. The summed E-state index contributed by atoms with van der Waals surface area (Å²) < 4.78 is 2.40. The van der Waals surface area contributed by atoms with Crippen LogP contribution in [0.5, 0.6) is 0 Å². The second-order valence-electron chi connectivity index (χ2n) is 14.9. The number of fused-ring (bicyclic) bond motifs is 6. The Kier molecular flexibility index (Phi) is 7.75. The summed E-state index contributed by atoms with van der Waals surface area (Å²) in [6.07, 6.45) is 0. The van der Waals surface area contributed by atoms with E-state index < -0.39 is 5.41 Å². The van der Waals surface area contributed by atoms with Crippen molar-refractivity contribution in [3.63, 3.8) is 0 Å². The second-order valence-corrected chi connectivity index (χ2v) is 14.9. The van der Waals surface area contributed by atoms with E-state index in [-0.39, 0.29) is 0 Å². The average Bonchev–Trinajstić information content (AvgIpc) is 3.79. The lowest BCUT2D eigenvalue weighted by molar-refractivity contribution is 0.768. The maximum absolute atomic E-state index is 2.42. The molecule has 0 atom stereocenters. The van der Waals surface area contributed by atoms with Crippen molar-refractivity contribution in [2.45, 2.75) is 5.41 Å². The third kappa shape index (κ3) is 5.18. The summed E-state index contributed by atoms with van der Waals surface area (Å²) in [5, 5.41) is 2.51. The van der Waals surface area contributed by atoms with Crippen molar-refractivity contribution in [3.8, 4) is 27.9 Å². The zero-order valence-electron chi connectivity index (χ0n) is 31.3. The van der Waals surface area contributed by atoms with E-state index in [4.69, 9.17) is 0 Å². The zero-order valence-corrected chi connectivity index (χ0v) is 31.3. The van der Waals surface area contributed by atoms with Crippen LogP contribution < -0.4 is 4.90 Å². The first-order chi connectivity index (χ1) is 28.3. The molecule has 1 heterocycles. The van der Waals surface area contributed by atoms with Gasteiger partial charge in [0.15, 0.2) is 0 Å². The van der Waals surface area contributed by atoms with Crippen molar-refractivity contribution < 1.29 is 0 Å². The Balaban J connectivity index is 1.14. The number of hydrogen-bond donors (Lipinski definition) is 0. The molecule has 57 heavy (non-hydrogen) atoms. The van der Waals surface area contributed by atoms with Crippen molar-refractivity contribution in [2.24, 2.45) is 0 Å². The Morgan fingerprint density at radius 1 is 0.333 bits per heavy atom. The first kappa shape index (κ1) is 33.0. The summed E-state index contributed by atoms with van der Waals surface area (Å²) in [7, 11) is 0. The predicted octanol–water partition coefficient (Wildman–Crippen LogP) is 14.3. The van der Waals surface area contributed by atoms with Gasteiger partial charge in [-0.15, -0.1) is 0 Å². The summed E-state index contributed by atoms with van der Waals surface area (Å²) in [4.78, 5) is 2.42. The summed E-state index contributed by atoms with van der Waals surface area (Å²) in [5.74, 6) is 0. The largest absolute Gasteiger partial charge is 0.310 e. The first-order valence-electron chi connectivity index (χ1n) is 19.7. The monoisotopic (exact) mass is 726 g/mol. The fourth-order valence-electron chi connectivity index (χ4n) is 9.44. The number of benzene rings is 9. The Labute approximate surface area is 333 Å². The maximum atomic E-state index is 2.42. The third-order valence-corrected chi connectivity index (χ3v) is 11.9. The molecule has 0 aliphatic heterocycles. The number of nitrogens with zero attached hydrogens (tertiary/aromatic N) is 2. The quantitative estimate of drug-likeness (QED) is 0.159. The number of para-hydroxylation sites is 2. The minimum absolute atomic E-state index is 0.502. The zero-order chi connectivity index (χ0) is 37.8. The van der Waals surface area contributed by atoms with Crippen LogP contribution in [-0.2, 0) is 5.41 Å². The van der Waals surface area contributed by atoms with Crippen molar-refractivity contribution in [2.75, 3.05) is 4.90 Å². The standard InChI is InChI=1S/C55H38N2/c1-3-17-39(18-4-1)40-33-35-43(36-34-40)56(45-23-16-24-46(38-45)57-53-31-13-9-27-49(53)50-28-10-14-32-54(50)57)44-22-15-21-42(37-44)55(41-19-5-2-6-20-41)51-29-11-7-25-47(51)48-26-8-12-30-52(48)55/h1-38H. The highest BCUT2D eigenvalue weighted by Crippen LogP contribution is 2.56. The molecule has 0 spiro atoms. The molecule has 0 saturated heterocycles. The minimum atomic E-state index is -0.502. The van der Waals surface area contributed by atoms with Crippen LogP contribution in [-0.4, -0.2) is 4.57 Å². The molecule has 2 nitrogen and oxygen atoms in total. The molecule has 0 N–H and O–H groups in total. The second kappa shape index (κ2) is 13.4. The van der Waals surface area contributed by atoms with Crippen LogP contribution >= 0.6 is 0 Å². The van der Waals surface area contributed by atoms with Crippen LogP contribution in [0.3, 0.4) is 0 Å². The molecule has 1 aliphatic rings. The highest BCUT2D eigenvalue weighted by atomic mass is 15.1. The lowest BCUT2D eigenvalue weighted by Gasteiger charge is -2.35. The Morgan fingerprint density at radius 3 is 1.47 bits per heavy atom. The molecule has 0 bridgehead atoms. The van der Waals surface area contributed by atoms with Crippen LogP contribution in [0, 0.1) is 0 Å². The first-order valence-corrected chi connectivity index (χ1v) is 19.7. The molecule has 0 unspecified atom stereocenters. The number of rotatable bonds is 7. The molecular formula is C55H38N2. The molecule has 1 aromatic heterocycles. The van der Waals surface area contributed by atoms with Gasteiger partial charge >= 0.3 is 0 Å². The van der Waals surface area contributed by atoms with Gasteiger partial charge in [0.25, 0.3) is 0 Å². The topological polar surface area (TPSA) is 8.17 Å². The third-order valence-electron chi connectivity index (χ3n) is 11.9. The van der Waals surface area contributed by atoms with E-state index in [1.54, 1.807) is 0 Å². The van der Waals surface area contributed by atoms with Gasteiger partial charge in [-0.3, -0.25) is 0 Å². The highest BCUT2D eigenvalue weighted by molar-refractivity contribution is 6.09. The van der Waals surface area contributed by atoms with Crippen molar-refractivity contribution in [3.05, 3.63) is 253 Å². The molecule has 2 heteroatoms. The average molecular weight is 727 g/mol. The Morgan fingerprint density at radius 2 is 0.825 bits per heavy atom. The van der Waals surface area contributed by atoms with Crippen LogP contribution in [0.4, 0.5) is 17.1 Å². The fourth-order valence-corrected chi connectivity index (χ4v) is 9.44. The molecule has 0 fully saturated rings. The maximum Gasteiger partial charge on any atom is 0.0714 e. The molecule has 9 aromatic carbocycles. The predicted molar refractivity (Wildman–Crippen MR) is 238 cm³/mol. The number of anilines is 3. The van der Waals surface area contributed by atoms with Gasteiger partial charge in [-0.25, -0.2) is 0 Å². The van der Waals surface area contributed by atoms with Crippen molar-refractivity contribution >= 4 is 38.9 Å². The van der Waals surface area contributed by atoms with E-state index in [0.717, 1.165) is 22.7 Å². The summed E-state index contributed by atoms with van der Waals surface area (Å²) in [5.41, 5.74) is 16.3. The summed E-state index contributed by atoms with van der Waals surface area (Å²) >= 11 is 0. The molecule has 10 aromatic rings. The lowest BCUT2D eigenvalue weighted by Crippen LogP contribution is -2.28. The van der Waals surface area contributed by atoms with E-state index >= 15 is 0 Å². The van der Waals surface area contributed by atoms with Crippen LogP contribution in [0.25, 0.3) is 49.7 Å². The van der Waals surface area contributed by atoms with Gasteiger partial charge in [0.1, 0.15) is 0 Å². The molecule has 11 rings (SSSR count). The van der Waals surface area contributed by atoms with Crippen molar-refractivity contribution in [1.82, 2.24) is 4.57 Å². The lowest BCUT2D eigenvalue weighted by atomic mass is 9.67. The van der Waals surface area contributed by atoms with Gasteiger partial charge in [0.2, 0.25) is 0 Å². The van der Waals surface area contributed by atoms with Crippen molar-refractivity contribution in [1.29, 1.82) is 0 Å². The van der Waals surface area contributed by atoms with E-state index in [9.17, 15) is 0 Å². The number of hydrogen-bond acceptors (Lipinski definition) is 1. The van der Waals surface area contributed by atoms with E-state index in [1.807, 2.05) is 0 Å². The van der Waals surface area contributed by atoms with E-state index in [1.165, 1.54) is 66.3 Å². The normalized spacial score (nSPS) is 12.7. The molecule has 1 aliphatic carbocycles. The smallest absolute Gasteiger partial charge is 0.0714 e. The summed E-state index contributed by atoms with van der Waals surface area (Å²) in [6.45, 7) is 0.